The Morgan fingerprint density at radius 1 is 1.21 bits per heavy atom. The number of nitrogens with zero attached hydrogens (tertiary/aromatic N) is 2. The van der Waals surface area contributed by atoms with Crippen molar-refractivity contribution in [2.75, 3.05) is 10.6 Å². The fourth-order valence-corrected chi connectivity index (χ4v) is 5.16. The third-order valence-electron chi connectivity index (χ3n) is 4.09. The zero-order valence-corrected chi connectivity index (χ0v) is 16.9. The van der Waals surface area contributed by atoms with Crippen molar-refractivity contribution >= 4 is 65.7 Å². The Bertz CT molecular complexity index is 1200. The number of aromatic nitrogens is 1. The third-order valence-corrected chi connectivity index (χ3v) is 6.63. The van der Waals surface area contributed by atoms with Crippen LogP contribution in [0.1, 0.15) is 19.3 Å². The first-order valence-corrected chi connectivity index (χ1v) is 11.1. The van der Waals surface area contributed by atoms with Crippen LogP contribution < -0.4 is 10.6 Å². The number of thiazole rings is 1. The lowest BCUT2D eigenvalue weighted by molar-refractivity contribution is -0.116. The number of fused-ring (bicyclic) bond motifs is 2. The molecule has 1 aliphatic heterocycles. The molecule has 0 spiro atoms. The fourth-order valence-electron chi connectivity index (χ4n) is 2.83. The highest BCUT2D eigenvalue weighted by Gasteiger charge is 2.24. The zero-order valence-electron chi connectivity index (χ0n) is 14.5. The number of para-hydroxylation sites is 1. The Morgan fingerprint density at radius 2 is 2.04 bits per heavy atom. The van der Waals surface area contributed by atoms with Crippen LogP contribution in [0.5, 0.6) is 0 Å². The molecule has 3 aromatic rings. The van der Waals surface area contributed by atoms with Crippen LogP contribution in [0.3, 0.4) is 0 Å². The Balaban J connectivity index is 1.35. The van der Waals surface area contributed by atoms with Crippen LogP contribution in [0, 0.1) is 0 Å². The van der Waals surface area contributed by atoms with Crippen LogP contribution in [0.25, 0.3) is 10.2 Å². The van der Waals surface area contributed by atoms with Crippen molar-refractivity contribution in [3.63, 3.8) is 0 Å². The summed E-state index contributed by atoms with van der Waals surface area (Å²) >= 11 is 7.31. The molecular formula is C18H15ClN4O3S2. The predicted molar refractivity (Wildman–Crippen MR) is 112 cm³/mol. The Kier molecular flexibility index (Phi) is 5.05. The summed E-state index contributed by atoms with van der Waals surface area (Å²) in [5.74, 6) is 0.144. The molecule has 0 saturated heterocycles. The third kappa shape index (κ3) is 4.01. The van der Waals surface area contributed by atoms with E-state index in [2.05, 4.69) is 20.0 Å². The topological polar surface area (TPSA) is 101 Å². The van der Waals surface area contributed by atoms with Gasteiger partial charge in [-0.2, -0.15) is 8.42 Å². The summed E-state index contributed by atoms with van der Waals surface area (Å²) in [4.78, 5) is 16.7. The van der Waals surface area contributed by atoms with E-state index in [0.29, 0.717) is 34.5 Å². The summed E-state index contributed by atoms with van der Waals surface area (Å²) in [6, 6.07) is 12.0. The number of nitrogens with one attached hydrogen (secondary N) is 2. The summed E-state index contributed by atoms with van der Waals surface area (Å²) < 4.78 is 29.1. The Morgan fingerprint density at radius 3 is 2.89 bits per heavy atom. The van der Waals surface area contributed by atoms with Crippen molar-refractivity contribution in [3.8, 4) is 0 Å². The molecule has 1 amide bonds. The summed E-state index contributed by atoms with van der Waals surface area (Å²) in [5, 5.41) is 6.91. The van der Waals surface area contributed by atoms with Crippen LogP contribution in [-0.4, -0.2) is 25.1 Å². The first kappa shape index (κ1) is 18.9. The van der Waals surface area contributed by atoms with Gasteiger partial charge in [0.25, 0.3) is 10.0 Å². The quantitative estimate of drug-likeness (QED) is 0.624. The number of rotatable bonds is 5. The standard InChI is InChI=1S/C18H15ClN4O3S2/c19-11-8-9-12-14(10-11)27-18(21-12)22-17(24)7-3-6-16-20-13-4-1-2-5-15(13)28(25,26)23-16/h1-2,4-5,8-10H,3,6-7H2,(H,20,23)(H,21,22,24). The van der Waals surface area contributed by atoms with Crippen LogP contribution in [0.15, 0.2) is 51.8 Å². The minimum Gasteiger partial charge on any atom is -0.342 e. The molecule has 0 radical (unpaired) electrons. The van der Waals surface area contributed by atoms with E-state index in [1.54, 1.807) is 36.4 Å². The molecular weight excluding hydrogens is 420 g/mol. The molecule has 10 heteroatoms. The molecule has 144 valence electrons. The SMILES string of the molecule is O=C(CCCC1=NS(=O)(=O)c2ccccc2N1)Nc1nc2ccc(Cl)cc2s1. The lowest BCUT2D eigenvalue weighted by Gasteiger charge is -2.17. The van der Waals surface area contributed by atoms with Gasteiger partial charge in [0.05, 0.1) is 15.9 Å². The monoisotopic (exact) mass is 434 g/mol. The minimum absolute atomic E-state index is 0.160. The van der Waals surface area contributed by atoms with E-state index in [0.717, 1.165) is 10.2 Å². The Hall–Kier alpha value is -2.49. The summed E-state index contributed by atoms with van der Waals surface area (Å²) in [6.07, 6.45) is 1.02. The average Bonchev–Trinajstić information content (AvgIpc) is 3.02. The van der Waals surface area contributed by atoms with Crippen molar-refractivity contribution in [1.29, 1.82) is 0 Å². The highest BCUT2D eigenvalue weighted by Crippen LogP contribution is 2.29. The van der Waals surface area contributed by atoms with Gasteiger partial charge < -0.3 is 10.6 Å². The molecule has 0 bridgehead atoms. The van der Waals surface area contributed by atoms with Crippen LogP contribution in [0.2, 0.25) is 5.02 Å². The normalized spacial score (nSPS) is 14.8. The number of hydrogen-bond donors (Lipinski definition) is 2. The predicted octanol–water partition coefficient (Wildman–Crippen LogP) is 4.27. The molecule has 2 heterocycles. The van der Waals surface area contributed by atoms with Crippen molar-refractivity contribution < 1.29 is 13.2 Å². The number of carbonyl (C=O) groups excluding carboxylic acids is 1. The highest BCUT2D eigenvalue weighted by molar-refractivity contribution is 7.90. The Labute approximate surface area is 170 Å². The van der Waals surface area contributed by atoms with E-state index in [9.17, 15) is 13.2 Å². The first-order valence-electron chi connectivity index (χ1n) is 8.46. The molecule has 0 unspecified atom stereocenters. The number of sulfonamides is 1. The number of amides is 1. The van der Waals surface area contributed by atoms with Gasteiger partial charge in [-0.05, 0) is 36.8 Å². The molecule has 0 saturated carbocycles. The summed E-state index contributed by atoms with van der Waals surface area (Å²) in [5.41, 5.74) is 1.28. The molecule has 0 aliphatic carbocycles. The molecule has 28 heavy (non-hydrogen) atoms. The lowest BCUT2D eigenvalue weighted by atomic mass is 10.2. The maximum atomic E-state index is 12.2. The highest BCUT2D eigenvalue weighted by atomic mass is 35.5. The number of amidine groups is 1. The van der Waals surface area contributed by atoms with E-state index >= 15 is 0 Å². The average molecular weight is 435 g/mol. The van der Waals surface area contributed by atoms with E-state index in [1.807, 2.05) is 0 Å². The summed E-state index contributed by atoms with van der Waals surface area (Å²) in [6.45, 7) is 0. The van der Waals surface area contributed by atoms with Crippen LogP contribution >= 0.6 is 22.9 Å². The van der Waals surface area contributed by atoms with Gasteiger partial charge in [0.15, 0.2) is 5.13 Å². The molecule has 0 atom stereocenters. The second kappa shape index (κ2) is 7.50. The van der Waals surface area contributed by atoms with E-state index in [1.165, 1.54) is 17.4 Å². The molecule has 1 aromatic heterocycles. The van der Waals surface area contributed by atoms with Crippen molar-refractivity contribution in [2.45, 2.75) is 24.2 Å². The molecule has 2 aromatic carbocycles. The van der Waals surface area contributed by atoms with Gasteiger partial charge in [-0.25, -0.2) is 4.98 Å². The molecule has 4 rings (SSSR count). The maximum absolute atomic E-state index is 12.2. The van der Waals surface area contributed by atoms with Gasteiger partial charge in [-0.15, -0.1) is 4.40 Å². The molecule has 1 aliphatic rings. The van der Waals surface area contributed by atoms with Gasteiger partial charge in [-0.3, -0.25) is 4.79 Å². The molecule has 0 fully saturated rings. The van der Waals surface area contributed by atoms with Gasteiger partial charge in [0.1, 0.15) is 10.7 Å². The number of hydrogen-bond acceptors (Lipinski definition) is 6. The van der Waals surface area contributed by atoms with Gasteiger partial charge in [0, 0.05) is 17.9 Å². The van der Waals surface area contributed by atoms with Crippen LogP contribution in [0.4, 0.5) is 10.8 Å². The van der Waals surface area contributed by atoms with E-state index < -0.39 is 10.0 Å². The second-order valence-electron chi connectivity index (χ2n) is 6.17. The largest absolute Gasteiger partial charge is 0.342 e. The van der Waals surface area contributed by atoms with Gasteiger partial charge >= 0.3 is 0 Å². The lowest BCUT2D eigenvalue weighted by Crippen LogP contribution is -2.22. The molecule has 7 nitrogen and oxygen atoms in total. The number of anilines is 2. The first-order chi connectivity index (χ1) is 13.4. The molecule has 2 N–H and O–H groups in total. The van der Waals surface area contributed by atoms with Gasteiger partial charge in [-0.1, -0.05) is 35.1 Å². The second-order valence-corrected chi connectivity index (χ2v) is 9.21. The summed E-state index contributed by atoms with van der Waals surface area (Å²) in [7, 11) is -3.70. The van der Waals surface area contributed by atoms with Gasteiger partial charge in [0.2, 0.25) is 5.91 Å². The van der Waals surface area contributed by atoms with E-state index in [4.69, 9.17) is 11.6 Å². The number of halogens is 1. The van der Waals surface area contributed by atoms with Crippen molar-refractivity contribution in [2.24, 2.45) is 4.40 Å². The smallest absolute Gasteiger partial charge is 0.286 e. The fraction of sp³-hybridized carbons (Fsp3) is 0.167. The zero-order chi connectivity index (χ0) is 19.7. The number of carbonyl (C=O) groups is 1. The van der Waals surface area contributed by atoms with Crippen molar-refractivity contribution in [3.05, 3.63) is 47.5 Å². The number of benzene rings is 2. The van der Waals surface area contributed by atoms with E-state index in [-0.39, 0.29) is 17.2 Å². The maximum Gasteiger partial charge on any atom is 0.286 e. The minimum atomic E-state index is -3.70. The van der Waals surface area contributed by atoms with Crippen LogP contribution in [-0.2, 0) is 14.8 Å². The van der Waals surface area contributed by atoms with Crippen molar-refractivity contribution in [1.82, 2.24) is 4.98 Å².